The maximum absolute atomic E-state index is 14.3. The fourth-order valence-corrected chi connectivity index (χ4v) is 4.57. The van der Waals surface area contributed by atoms with Crippen molar-refractivity contribution in [1.29, 1.82) is 0 Å². The summed E-state index contributed by atoms with van der Waals surface area (Å²) >= 11 is 6.82. The van der Waals surface area contributed by atoms with E-state index >= 15 is 0 Å². The van der Waals surface area contributed by atoms with Gasteiger partial charge in [-0.3, -0.25) is 0 Å². The Morgan fingerprint density at radius 3 is 2.17 bits per heavy atom. The molecule has 0 saturated heterocycles. The standard InChI is InChI=1S/C22H18ClF5OS/c1-3-4-13-9-17(24)20(18(25)10-13)29-11-16-19(22(26,27)28)12(2)30-21(16)14-5-7-15(23)8-6-14/h5-10H,3-4,11H2,1-2H3. The van der Waals surface area contributed by atoms with Gasteiger partial charge in [0, 0.05) is 20.3 Å². The fourth-order valence-electron chi connectivity index (χ4n) is 3.26. The van der Waals surface area contributed by atoms with Crippen molar-refractivity contribution in [2.45, 2.75) is 39.5 Å². The van der Waals surface area contributed by atoms with Crippen LogP contribution in [0.5, 0.6) is 5.75 Å². The molecule has 0 fully saturated rings. The first kappa shape index (κ1) is 22.6. The van der Waals surface area contributed by atoms with E-state index in [0.29, 0.717) is 33.9 Å². The molecule has 3 aromatic rings. The van der Waals surface area contributed by atoms with Gasteiger partial charge in [0.2, 0.25) is 0 Å². The molecule has 0 aliphatic rings. The van der Waals surface area contributed by atoms with E-state index in [1.165, 1.54) is 6.92 Å². The van der Waals surface area contributed by atoms with E-state index in [0.717, 1.165) is 23.5 Å². The molecule has 2 aromatic carbocycles. The Morgan fingerprint density at radius 1 is 1.03 bits per heavy atom. The van der Waals surface area contributed by atoms with Crippen molar-refractivity contribution >= 4 is 22.9 Å². The van der Waals surface area contributed by atoms with Gasteiger partial charge < -0.3 is 4.74 Å². The van der Waals surface area contributed by atoms with E-state index in [1.807, 2.05) is 6.92 Å². The van der Waals surface area contributed by atoms with Gasteiger partial charge in [-0.15, -0.1) is 11.3 Å². The van der Waals surface area contributed by atoms with Gasteiger partial charge in [0.15, 0.2) is 17.4 Å². The van der Waals surface area contributed by atoms with Gasteiger partial charge in [-0.2, -0.15) is 13.2 Å². The van der Waals surface area contributed by atoms with Crippen molar-refractivity contribution in [1.82, 2.24) is 0 Å². The smallest absolute Gasteiger partial charge is 0.417 e. The Morgan fingerprint density at radius 2 is 1.63 bits per heavy atom. The molecule has 0 radical (unpaired) electrons. The van der Waals surface area contributed by atoms with Crippen LogP contribution >= 0.6 is 22.9 Å². The number of benzene rings is 2. The van der Waals surface area contributed by atoms with Crippen molar-refractivity contribution < 1.29 is 26.7 Å². The predicted octanol–water partition coefficient (Wildman–Crippen LogP) is 8.21. The van der Waals surface area contributed by atoms with Gasteiger partial charge in [-0.25, -0.2) is 8.78 Å². The highest BCUT2D eigenvalue weighted by Crippen LogP contribution is 2.45. The summed E-state index contributed by atoms with van der Waals surface area (Å²) in [4.78, 5) is 0.366. The van der Waals surface area contributed by atoms with E-state index in [-0.39, 0.29) is 10.4 Å². The molecule has 1 nitrogen and oxygen atoms in total. The number of aryl methyl sites for hydroxylation is 2. The van der Waals surface area contributed by atoms with Crippen LogP contribution < -0.4 is 4.74 Å². The molecule has 30 heavy (non-hydrogen) atoms. The van der Waals surface area contributed by atoms with Crippen LogP contribution in [0.25, 0.3) is 10.4 Å². The number of hydrogen-bond acceptors (Lipinski definition) is 2. The maximum atomic E-state index is 14.3. The zero-order valence-electron chi connectivity index (χ0n) is 16.2. The largest absolute Gasteiger partial charge is 0.483 e. The summed E-state index contributed by atoms with van der Waals surface area (Å²) in [6.45, 7) is 2.60. The van der Waals surface area contributed by atoms with E-state index in [9.17, 15) is 22.0 Å². The summed E-state index contributed by atoms with van der Waals surface area (Å²) in [6, 6.07) is 8.61. The molecule has 0 amide bonds. The minimum absolute atomic E-state index is 0.0466. The first-order valence-corrected chi connectivity index (χ1v) is 10.4. The summed E-state index contributed by atoms with van der Waals surface area (Å²) in [7, 11) is 0. The highest BCUT2D eigenvalue weighted by molar-refractivity contribution is 7.15. The van der Waals surface area contributed by atoms with Crippen molar-refractivity contribution in [3.05, 3.63) is 74.6 Å². The monoisotopic (exact) mass is 460 g/mol. The summed E-state index contributed by atoms with van der Waals surface area (Å²) < 4.78 is 75.1. The Bertz CT molecular complexity index is 1020. The zero-order valence-corrected chi connectivity index (χ0v) is 17.7. The van der Waals surface area contributed by atoms with Crippen LogP contribution in [-0.2, 0) is 19.2 Å². The fraction of sp³-hybridized carbons (Fsp3) is 0.273. The molecule has 0 saturated carbocycles. The number of hydrogen-bond donors (Lipinski definition) is 0. The molecule has 1 heterocycles. The molecular formula is C22H18ClF5OS. The number of ether oxygens (including phenoxy) is 1. The van der Waals surface area contributed by atoms with E-state index < -0.39 is 35.7 Å². The van der Waals surface area contributed by atoms with Crippen LogP contribution in [0.2, 0.25) is 5.02 Å². The van der Waals surface area contributed by atoms with Crippen LogP contribution in [0.3, 0.4) is 0 Å². The Hall–Kier alpha value is -2.12. The molecule has 0 spiro atoms. The highest BCUT2D eigenvalue weighted by atomic mass is 35.5. The molecule has 1 aromatic heterocycles. The average molecular weight is 461 g/mol. The van der Waals surface area contributed by atoms with Crippen molar-refractivity contribution in [3.63, 3.8) is 0 Å². The molecule has 0 bridgehead atoms. The summed E-state index contributed by atoms with van der Waals surface area (Å²) in [5.74, 6) is -2.56. The third-order valence-electron chi connectivity index (χ3n) is 4.53. The van der Waals surface area contributed by atoms with Crippen LogP contribution in [-0.4, -0.2) is 0 Å². The third-order valence-corrected chi connectivity index (χ3v) is 5.98. The van der Waals surface area contributed by atoms with Gasteiger partial charge >= 0.3 is 6.18 Å². The van der Waals surface area contributed by atoms with Gasteiger partial charge in [-0.1, -0.05) is 37.1 Å². The second kappa shape index (κ2) is 8.94. The van der Waals surface area contributed by atoms with Crippen LogP contribution in [0.4, 0.5) is 22.0 Å². The highest BCUT2D eigenvalue weighted by Gasteiger charge is 2.38. The van der Waals surface area contributed by atoms with Crippen molar-refractivity contribution in [2.75, 3.05) is 0 Å². The first-order valence-electron chi connectivity index (χ1n) is 9.18. The summed E-state index contributed by atoms with van der Waals surface area (Å²) in [5.41, 5.74) is -0.0328. The molecule has 3 rings (SSSR count). The molecule has 160 valence electrons. The quantitative estimate of drug-likeness (QED) is 0.337. The van der Waals surface area contributed by atoms with Crippen LogP contribution in [0, 0.1) is 18.6 Å². The second-order valence-corrected chi connectivity index (χ2v) is 8.43. The molecule has 0 atom stereocenters. The van der Waals surface area contributed by atoms with E-state index in [4.69, 9.17) is 16.3 Å². The first-order chi connectivity index (χ1) is 14.1. The van der Waals surface area contributed by atoms with E-state index in [2.05, 4.69) is 0 Å². The minimum Gasteiger partial charge on any atom is -0.483 e. The maximum Gasteiger partial charge on any atom is 0.417 e. The average Bonchev–Trinajstić information content (AvgIpc) is 2.98. The Balaban J connectivity index is 2.02. The number of thiophene rings is 1. The minimum atomic E-state index is -4.63. The Labute approximate surface area is 180 Å². The lowest BCUT2D eigenvalue weighted by Crippen LogP contribution is -2.11. The summed E-state index contributed by atoms with van der Waals surface area (Å²) in [5, 5.41) is 0.442. The molecule has 8 heteroatoms. The second-order valence-electron chi connectivity index (χ2n) is 6.77. The third kappa shape index (κ3) is 4.78. The van der Waals surface area contributed by atoms with Crippen molar-refractivity contribution in [2.24, 2.45) is 0 Å². The van der Waals surface area contributed by atoms with Gasteiger partial charge in [0.05, 0.1) is 5.56 Å². The zero-order chi connectivity index (χ0) is 22.1. The molecule has 0 N–H and O–H groups in total. The molecule has 0 unspecified atom stereocenters. The van der Waals surface area contributed by atoms with E-state index in [1.54, 1.807) is 24.3 Å². The topological polar surface area (TPSA) is 9.23 Å². The lowest BCUT2D eigenvalue weighted by atomic mass is 10.0. The summed E-state index contributed by atoms with van der Waals surface area (Å²) in [6.07, 6.45) is -3.45. The van der Waals surface area contributed by atoms with Gasteiger partial charge in [0.1, 0.15) is 6.61 Å². The number of alkyl halides is 3. The van der Waals surface area contributed by atoms with Crippen LogP contribution in [0.1, 0.15) is 34.9 Å². The predicted molar refractivity (Wildman–Crippen MR) is 109 cm³/mol. The van der Waals surface area contributed by atoms with Gasteiger partial charge in [-0.05, 0) is 48.7 Å². The normalized spacial score (nSPS) is 11.7. The van der Waals surface area contributed by atoms with Crippen molar-refractivity contribution in [3.8, 4) is 16.2 Å². The SMILES string of the molecule is CCCc1cc(F)c(OCc2c(-c3ccc(Cl)cc3)sc(C)c2C(F)(F)F)c(F)c1. The number of halogens is 6. The molecule has 0 aliphatic carbocycles. The Kier molecular flexibility index (Phi) is 6.72. The molecule has 0 aliphatic heterocycles. The molecular weight excluding hydrogens is 443 g/mol. The lowest BCUT2D eigenvalue weighted by molar-refractivity contribution is -0.138. The van der Waals surface area contributed by atoms with Crippen LogP contribution in [0.15, 0.2) is 36.4 Å². The van der Waals surface area contributed by atoms with Gasteiger partial charge in [0.25, 0.3) is 0 Å². The lowest BCUT2D eigenvalue weighted by Gasteiger charge is -2.14. The number of rotatable bonds is 6.